The Balaban J connectivity index is 1.94. The first-order valence-electron chi connectivity index (χ1n) is 7.62. The Bertz CT molecular complexity index is 376. The first-order chi connectivity index (χ1) is 10.1. The van der Waals surface area contributed by atoms with E-state index in [4.69, 9.17) is 9.84 Å². The number of carboxylic acid groups (broad SMARTS) is 1. The summed E-state index contributed by atoms with van der Waals surface area (Å²) in [6.45, 7) is 1.08. The molecule has 7 nitrogen and oxygen atoms in total. The minimum Gasteiger partial charge on any atom is -0.481 e. The number of aliphatic carboxylic acids is 1. The molecule has 0 aromatic carbocycles. The van der Waals surface area contributed by atoms with Gasteiger partial charge >= 0.3 is 12.0 Å². The average Bonchev–Trinajstić information content (AvgIpc) is 2.72. The predicted octanol–water partition coefficient (Wildman–Crippen LogP) is 0.423. The van der Waals surface area contributed by atoms with Gasteiger partial charge in [0.1, 0.15) is 0 Å². The maximum Gasteiger partial charge on any atom is 0.317 e. The highest BCUT2D eigenvalue weighted by Gasteiger charge is 2.32. The highest BCUT2D eigenvalue weighted by molar-refractivity contribution is 5.77. The number of urea groups is 1. The number of nitrogens with zero attached hydrogens (tertiary/aromatic N) is 1. The van der Waals surface area contributed by atoms with E-state index in [1.165, 1.54) is 0 Å². The molecule has 3 N–H and O–H groups in total. The second-order valence-corrected chi connectivity index (χ2v) is 5.76. The zero-order valence-corrected chi connectivity index (χ0v) is 12.2. The molecule has 2 amide bonds. The van der Waals surface area contributed by atoms with Crippen molar-refractivity contribution in [1.82, 2.24) is 10.2 Å². The average molecular weight is 300 g/mol. The standard InChI is InChI=1S/C14H24N2O5/c17-9-10-8-16(6-7-21-10)14(20)15-12-5-3-1-2-4-11(12)13(18)19/h10-12,17H,1-9H2,(H,15,20)(H,18,19). The van der Waals surface area contributed by atoms with Gasteiger partial charge in [-0.2, -0.15) is 0 Å². The maximum atomic E-state index is 12.3. The minimum atomic E-state index is -0.836. The van der Waals surface area contributed by atoms with Crippen molar-refractivity contribution in [2.24, 2.45) is 5.92 Å². The molecular formula is C14H24N2O5. The summed E-state index contributed by atoms with van der Waals surface area (Å²) < 4.78 is 5.31. The lowest BCUT2D eigenvalue weighted by molar-refractivity contribution is -0.142. The summed E-state index contributed by atoms with van der Waals surface area (Å²) in [6, 6.07) is -0.567. The molecule has 1 heterocycles. The summed E-state index contributed by atoms with van der Waals surface area (Å²) in [6.07, 6.45) is 3.82. The van der Waals surface area contributed by atoms with Gasteiger partial charge in [0.2, 0.25) is 0 Å². The largest absolute Gasteiger partial charge is 0.481 e. The highest BCUT2D eigenvalue weighted by atomic mass is 16.5. The van der Waals surface area contributed by atoms with Gasteiger partial charge in [0, 0.05) is 12.6 Å². The molecule has 0 aromatic rings. The van der Waals surface area contributed by atoms with Crippen LogP contribution < -0.4 is 5.32 Å². The molecule has 120 valence electrons. The summed E-state index contributed by atoms with van der Waals surface area (Å²) >= 11 is 0. The fourth-order valence-electron chi connectivity index (χ4n) is 3.04. The van der Waals surface area contributed by atoms with E-state index in [1.807, 2.05) is 0 Å². The molecule has 2 aliphatic rings. The number of amides is 2. The molecule has 1 aliphatic heterocycles. The summed E-state index contributed by atoms with van der Waals surface area (Å²) in [5.74, 6) is -1.34. The van der Waals surface area contributed by atoms with E-state index < -0.39 is 11.9 Å². The van der Waals surface area contributed by atoms with Crippen molar-refractivity contribution in [2.45, 2.75) is 44.2 Å². The Morgan fingerprint density at radius 2 is 2.00 bits per heavy atom. The topological polar surface area (TPSA) is 99.1 Å². The van der Waals surface area contributed by atoms with Gasteiger partial charge in [0.05, 0.1) is 31.8 Å². The number of carboxylic acids is 1. The summed E-state index contributed by atoms with van der Waals surface area (Å²) in [5.41, 5.74) is 0. The van der Waals surface area contributed by atoms with Crippen LogP contribution in [-0.2, 0) is 9.53 Å². The van der Waals surface area contributed by atoms with Crippen molar-refractivity contribution >= 4 is 12.0 Å². The number of ether oxygens (including phenoxy) is 1. The maximum absolute atomic E-state index is 12.3. The minimum absolute atomic E-state index is 0.120. The Labute approximate surface area is 124 Å². The van der Waals surface area contributed by atoms with Crippen molar-refractivity contribution in [3.63, 3.8) is 0 Å². The summed E-state index contributed by atoms with van der Waals surface area (Å²) in [7, 11) is 0. The predicted molar refractivity (Wildman–Crippen MR) is 74.9 cm³/mol. The van der Waals surface area contributed by atoms with Gasteiger partial charge in [-0.05, 0) is 12.8 Å². The quantitative estimate of drug-likeness (QED) is 0.656. The van der Waals surface area contributed by atoms with Gasteiger partial charge in [-0.3, -0.25) is 4.79 Å². The molecule has 1 aliphatic carbocycles. The normalized spacial score (nSPS) is 30.5. The summed E-state index contributed by atoms with van der Waals surface area (Å²) in [5, 5.41) is 21.3. The number of carbonyl (C=O) groups is 2. The molecular weight excluding hydrogens is 276 g/mol. The SMILES string of the molecule is O=C(O)C1CCCCCC1NC(=O)N1CCOC(CO)C1. The number of hydrogen-bond donors (Lipinski definition) is 3. The third-order valence-electron chi connectivity index (χ3n) is 4.27. The lowest BCUT2D eigenvalue weighted by Gasteiger charge is -2.34. The Kier molecular flexibility index (Phi) is 5.81. The van der Waals surface area contributed by atoms with E-state index in [9.17, 15) is 14.7 Å². The van der Waals surface area contributed by atoms with Crippen LogP contribution in [-0.4, -0.2) is 65.6 Å². The Hall–Kier alpha value is -1.34. The molecule has 1 saturated heterocycles. The van der Waals surface area contributed by atoms with Crippen LogP contribution in [0.5, 0.6) is 0 Å². The van der Waals surface area contributed by atoms with E-state index in [1.54, 1.807) is 4.90 Å². The van der Waals surface area contributed by atoms with Gasteiger partial charge in [-0.25, -0.2) is 4.79 Å². The number of nitrogens with one attached hydrogen (secondary N) is 1. The van der Waals surface area contributed by atoms with Crippen molar-refractivity contribution in [1.29, 1.82) is 0 Å². The fourth-order valence-corrected chi connectivity index (χ4v) is 3.04. The molecule has 0 spiro atoms. The van der Waals surface area contributed by atoms with Crippen molar-refractivity contribution in [3.8, 4) is 0 Å². The van der Waals surface area contributed by atoms with Gasteiger partial charge in [0.25, 0.3) is 0 Å². The van der Waals surface area contributed by atoms with Crippen LogP contribution in [0.1, 0.15) is 32.1 Å². The zero-order valence-electron chi connectivity index (χ0n) is 12.2. The molecule has 3 atom stereocenters. The third-order valence-corrected chi connectivity index (χ3v) is 4.27. The van der Waals surface area contributed by atoms with Crippen LogP contribution in [0.25, 0.3) is 0 Å². The molecule has 0 aromatic heterocycles. The van der Waals surface area contributed by atoms with Crippen LogP contribution >= 0.6 is 0 Å². The van der Waals surface area contributed by atoms with E-state index in [0.717, 1.165) is 19.3 Å². The first kappa shape index (κ1) is 16.0. The van der Waals surface area contributed by atoms with E-state index in [2.05, 4.69) is 5.32 Å². The fraction of sp³-hybridized carbons (Fsp3) is 0.857. The van der Waals surface area contributed by atoms with E-state index in [-0.39, 0.29) is 24.8 Å². The van der Waals surface area contributed by atoms with Gasteiger partial charge in [-0.1, -0.05) is 19.3 Å². The van der Waals surface area contributed by atoms with Gasteiger partial charge in [-0.15, -0.1) is 0 Å². The molecule has 2 fully saturated rings. The molecule has 7 heteroatoms. The highest BCUT2D eigenvalue weighted by Crippen LogP contribution is 2.24. The molecule has 21 heavy (non-hydrogen) atoms. The van der Waals surface area contributed by atoms with Crippen molar-refractivity contribution < 1.29 is 24.5 Å². The van der Waals surface area contributed by atoms with Gasteiger partial charge < -0.3 is 25.2 Å². The number of rotatable bonds is 3. The van der Waals surface area contributed by atoms with E-state index in [0.29, 0.717) is 32.5 Å². The van der Waals surface area contributed by atoms with Crippen LogP contribution in [0.4, 0.5) is 4.79 Å². The lowest BCUT2D eigenvalue weighted by atomic mass is 9.95. The van der Waals surface area contributed by atoms with Crippen molar-refractivity contribution in [3.05, 3.63) is 0 Å². The Morgan fingerprint density at radius 1 is 1.24 bits per heavy atom. The second kappa shape index (κ2) is 7.61. The molecule has 2 rings (SSSR count). The van der Waals surface area contributed by atoms with Gasteiger partial charge in [0.15, 0.2) is 0 Å². The number of aliphatic hydroxyl groups is 1. The molecule has 0 bridgehead atoms. The van der Waals surface area contributed by atoms with Crippen LogP contribution in [0, 0.1) is 5.92 Å². The van der Waals surface area contributed by atoms with Crippen LogP contribution in [0.3, 0.4) is 0 Å². The molecule has 0 radical (unpaired) electrons. The molecule has 1 saturated carbocycles. The summed E-state index contributed by atoms with van der Waals surface area (Å²) in [4.78, 5) is 25.2. The number of hydrogen-bond acceptors (Lipinski definition) is 4. The van der Waals surface area contributed by atoms with Crippen molar-refractivity contribution in [2.75, 3.05) is 26.3 Å². The second-order valence-electron chi connectivity index (χ2n) is 5.76. The Morgan fingerprint density at radius 3 is 2.71 bits per heavy atom. The third kappa shape index (κ3) is 4.31. The molecule has 3 unspecified atom stereocenters. The number of morpholine rings is 1. The monoisotopic (exact) mass is 300 g/mol. The smallest absolute Gasteiger partial charge is 0.317 e. The van der Waals surface area contributed by atoms with E-state index >= 15 is 0 Å². The van der Waals surface area contributed by atoms with Crippen LogP contribution in [0.15, 0.2) is 0 Å². The number of carbonyl (C=O) groups excluding carboxylic acids is 1. The zero-order chi connectivity index (χ0) is 15.2. The first-order valence-corrected chi connectivity index (χ1v) is 7.62. The number of aliphatic hydroxyl groups excluding tert-OH is 1. The van der Waals surface area contributed by atoms with Crippen LogP contribution in [0.2, 0.25) is 0 Å². The lowest BCUT2D eigenvalue weighted by Crippen LogP contribution is -2.54.